The van der Waals surface area contributed by atoms with Crippen LogP contribution in [0, 0.1) is 5.92 Å². The van der Waals surface area contributed by atoms with E-state index < -0.39 is 12.0 Å². The van der Waals surface area contributed by atoms with Gasteiger partial charge in [-0.15, -0.1) is 0 Å². The van der Waals surface area contributed by atoms with E-state index in [0.717, 1.165) is 19.4 Å². The van der Waals surface area contributed by atoms with Crippen molar-refractivity contribution >= 4 is 5.97 Å². The minimum atomic E-state index is -0.916. The highest BCUT2D eigenvalue weighted by molar-refractivity contribution is 5.73. The first-order valence-electron chi connectivity index (χ1n) is 4.26. The Hall–Kier alpha value is -0.610. The van der Waals surface area contributed by atoms with Crippen LogP contribution in [0.2, 0.25) is 0 Å². The Morgan fingerprint density at radius 2 is 2.50 bits per heavy atom. The molecule has 1 heterocycles. The third-order valence-electron chi connectivity index (χ3n) is 2.16. The molecule has 0 saturated carbocycles. The highest BCUT2D eigenvalue weighted by atomic mass is 16.5. The molecule has 0 radical (unpaired) electrons. The highest BCUT2D eigenvalue weighted by Crippen LogP contribution is 2.17. The molecule has 4 nitrogen and oxygen atoms in total. The van der Waals surface area contributed by atoms with Crippen LogP contribution in [0.15, 0.2) is 0 Å². The van der Waals surface area contributed by atoms with Crippen molar-refractivity contribution < 1.29 is 14.6 Å². The molecule has 1 rings (SSSR count). The second-order valence-corrected chi connectivity index (χ2v) is 3.26. The summed E-state index contributed by atoms with van der Waals surface area (Å²) in [5, 5.41) is 8.55. The molecule has 0 aliphatic carbocycles. The summed E-state index contributed by atoms with van der Waals surface area (Å²) in [6, 6.07) is -0.725. The number of hydrogen-bond acceptors (Lipinski definition) is 3. The van der Waals surface area contributed by atoms with E-state index in [1.54, 1.807) is 0 Å². The number of aliphatic carboxylic acids is 1. The van der Waals surface area contributed by atoms with Crippen LogP contribution in [-0.2, 0) is 9.53 Å². The van der Waals surface area contributed by atoms with Gasteiger partial charge in [-0.2, -0.15) is 0 Å². The molecule has 12 heavy (non-hydrogen) atoms. The normalized spacial score (nSPS) is 26.6. The quantitative estimate of drug-likeness (QED) is 0.640. The van der Waals surface area contributed by atoms with Crippen molar-refractivity contribution in [3.8, 4) is 0 Å². The van der Waals surface area contributed by atoms with Gasteiger partial charge in [0.1, 0.15) is 6.04 Å². The number of ether oxygens (including phenoxy) is 1. The molecule has 1 fully saturated rings. The van der Waals surface area contributed by atoms with Gasteiger partial charge in [0.05, 0.1) is 0 Å². The minimum absolute atomic E-state index is 0.338. The van der Waals surface area contributed by atoms with E-state index in [-0.39, 0.29) is 0 Å². The number of carbonyl (C=O) groups is 1. The lowest BCUT2D eigenvalue weighted by Crippen LogP contribution is -2.34. The van der Waals surface area contributed by atoms with Gasteiger partial charge >= 0.3 is 5.97 Å². The lowest BCUT2D eigenvalue weighted by molar-refractivity contribution is -0.139. The fourth-order valence-corrected chi connectivity index (χ4v) is 1.45. The number of carboxylic acid groups (broad SMARTS) is 1. The number of carboxylic acids is 1. The van der Waals surface area contributed by atoms with Crippen molar-refractivity contribution in [3.63, 3.8) is 0 Å². The number of nitrogens with two attached hydrogens (primary N) is 1. The second kappa shape index (κ2) is 4.42. The summed E-state index contributed by atoms with van der Waals surface area (Å²) in [4.78, 5) is 10.4. The fraction of sp³-hybridized carbons (Fsp3) is 0.875. The van der Waals surface area contributed by atoms with Gasteiger partial charge in [-0.25, -0.2) is 0 Å². The maximum Gasteiger partial charge on any atom is 0.320 e. The van der Waals surface area contributed by atoms with Gasteiger partial charge in [-0.05, 0) is 25.2 Å². The molecule has 2 atom stereocenters. The van der Waals surface area contributed by atoms with E-state index in [2.05, 4.69) is 0 Å². The van der Waals surface area contributed by atoms with Crippen LogP contribution in [0.4, 0.5) is 0 Å². The molecule has 0 aromatic rings. The van der Waals surface area contributed by atoms with Gasteiger partial charge in [0.15, 0.2) is 0 Å². The van der Waals surface area contributed by atoms with Crippen molar-refractivity contribution in [3.05, 3.63) is 0 Å². The van der Waals surface area contributed by atoms with Gasteiger partial charge in [-0.3, -0.25) is 4.79 Å². The minimum Gasteiger partial charge on any atom is -0.480 e. The fourth-order valence-electron chi connectivity index (χ4n) is 1.45. The summed E-state index contributed by atoms with van der Waals surface area (Å²) >= 11 is 0. The summed E-state index contributed by atoms with van der Waals surface area (Å²) in [7, 11) is 0. The maximum atomic E-state index is 10.4. The zero-order valence-electron chi connectivity index (χ0n) is 7.03. The molecule has 70 valence electrons. The van der Waals surface area contributed by atoms with E-state index in [9.17, 15) is 4.79 Å². The lowest BCUT2D eigenvalue weighted by Gasteiger charge is -2.23. The topological polar surface area (TPSA) is 72.5 Å². The van der Waals surface area contributed by atoms with Crippen LogP contribution < -0.4 is 5.73 Å². The van der Waals surface area contributed by atoms with Crippen LogP contribution in [0.3, 0.4) is 0 Å². The second-order valence-electron chi connectivity index (χ2n) is 3.26. The Morgan fingerprint density at radius 1 is 1.75 bits per heavy atom. The summed E-state index contributed by atoms with van der Waals surface area (Å²) in [5.74, 6) is -0.578. The van der Waals surface area contributed by atoms with Crippen LogP contribution in [0.5, 0.6) is 0 Å². The number of hydrogen-bond donors (Lipinski definition) is 2. The summed E-state index contributed by atoms with van der Waals surface area (Å²) < 4.78 is 5.21. The summed E-state index contributed by atoms with van der Waals surface area (Å²) in [5.41, 5.74) is 5.39. The molecular weight excluding hydrogens is 158 g/mol. The van der Waals surface area contributed by atoms with Gasteiger partial charge in [0.25, 0.3) is 0 Å². The van der Waals surface area contributed by atoms with Crippen molar-refractivity contribution in [2.75, 3.05) is 13.2 Å². The molecule has 0 aromatic carbocycles. The van der Waals surface area contributed by atoms with Gasteiger partial charge in [-0.1, -0.05) is 0 Å². The molecule has 1 aliphatic rings. The molecule has 4 heteroatoms. The van der Waals surface area contributed by atoms with Crippen molar-refractivity contribution in [1.82, 2.24) is 0 Å². The molecule has 0 spiro atoms. The Morgan fingerprint density at radius 3 is 3.00 bits per heavy atom. The van der Waals surface area contributed by atoms with Crippen LogP contribution in [-0.4, -0.2) is 30.3 Å². The molecule has 1 aliphatic heterocycles. The number of rotatable bonds is 3. The molecule has 3 N–H and O–H groups in total. The first-order valence-corrected chi connectivity index (χ1v) is 4.26. The van der Waals surface area contributed by atoms with E-state index in [1.807, 2.05) is 0 Å². The monoisotopic (exact) mass is 173 g/mol. The smallest absolute Gasteiger partial charge is 0.320 e. The Balaban J connectivity index is 2.24. The van der Waals surface area contributed by atoms with Gasteiger partial charge in [0, 0.05) is 13.2 Å². The standard InChI is InChI=1S/C8H15NO3/c9-7(8(10)11)4-6-2-1-3-12-5-6/h6-7H,1-5,9H2,(H,10,11). The van der Waals surface area contributed by atoms with E-state index in [1.165, 1.54) is 0 Å². The molecule has 0 aromatic heterocycles. The molecule has 2 unspecified atom stereocenters. The van der Waals surface area contributed by atoms with E-state index in [0.29, 0.717) is 18.9 Å². The Kier molecular flexibility index (Phi) is 3.49. The molecular formula is C8H15NO3. The van der Waals surface area contributed by atoms with E-state index in [4.69, 9.17) is 15.6 Å². The van der Waals surface area contributed by atoms with Crippen molar-refractivity contribution in [2.24, 2.45) is 11.7 Å². The zero-order valence-corrected chi connectivity index (χ0v) is 7.03. The Bertz CT molecular complexity index is 154. The predicted molar refractivity (Wildman–Crippen MR) is 43.8 cm³/mol. The molecule has 0 bridgehead atoms. The largest absolute Gasteiger partial charge is 0.480 e. The van der Waals surface area contributed by atoms with Crippen molar-refractivity contribution in [1.29, 1.82) is 0 Å². The van der Waals surface area contributed by atoms with Gasteiger partial charge < -0.3 is 15.6 Å². The van der Waals surface area contributed by atoms with Gasteiger partial charge in [0.2, 0.25) is 0 Å². The first kappa shape index (κ1) is 9.48. The van der Waals surface area contributed by atoms with E-state index >= 15 is 0 Å². The van der Waals surface area contributed by atoms with Crippen LogP contribution in [0.1, 0.15) is 19.3 Å². The van der Waals surface area contributed by atoms with Crippen LogP contribution >= 0.6 is 0 Å². The molecule has 1 saturated heterocycles. The third kappa shape index (κ3) is 2.79. The first-order chi connectivity index (χ1) is 5.70. The maximum absolute atomic E-state index is 10.4. The summed E-state index contributed by atoms with van der Waals surface area (Å²) in [6.45, 7) is 1.47. The SMILES string of the molecule is NC(CC1CCCOC1)C(=O)O. The molecule has 0 amide bonds. The van der Waals surface area contributed by atoms with Crippen LogP contribution in [0.25, 0.3) is 0 Å². The summed E-state index contributed by atoms with van der Waals surface area (Å²) in [6.07, 6.45) is 2.60. The zero-order chi connectivity index (χ0) is 8.97. The highest BCUT2D eigenvalue weighted by Gasteiger charge is 2.20. The predicted octanol–water partition coefficient (Wildman–Crippen LogP) is 0.215. The lowest BCUT2D eigenvalue weighted by atomic mass is 9.95. The van der Waals surface area contributed by atoms with Crippen molar-refractivity contribution in [2.45, 2.75) is 25.3 Å². The Labute approximate surface area is 71.7 Å². The average Bonchev–Trinajstić information content (AvgIpc) is 2.06. The average molecular weight is 173 g/mol. The third-order valence-corrected chi connectivity index (χ3v) is 2.16.